The van der Waals surface area contributed by atoms with Crippen LogP contribution < -0.4 is 4.90 Å². The van der Waals surface area contributed by atoms with Crippen molar-refractivity contribution in [3.63, 3.8) is 0 Å². The number of benzene rings is 5. The van der Waals surface area contributed by atoms with Gasteiger partial charge in [-0.3, -0.25) is 0 Å². The molecule has 0 spiro atoms. The zero-order valence-electron chi connectivity index (χ0n) is 24.9. The first-order valence-electron chi connectivity index (χ1n) is 15.1. The van der Waals surface area contributed by atoms with Crippen molar-refractivity contribution in [2.24, 2.45) is 0 Å². The Morgan fingerprint density at radius 3 is 2.02 bits per heavy atom. The van der Waals surface area contributed by atoms with E-state index in [1.165, 1.54) is 72.2 Å². The Balaban J connectivity index is 1.22. The summed E-state index contributed by atoms with van der Waals surface area (Å²) in [5.74, 6) is 0. The zero-order valence-corrected chi connectivity index (χ0v) is 25.7. The first-order valence-corrected chi connectivity index (χ1v) is 17.7. The van der Waals surface area contributed by atoms with Gasteiger partial charge in [-0.25, -0.2) is 10.0 Å². The summed E-state index contributed by atoms with van der Waals surface area (Å²) in [7, 11) is -1.16. The molecule has 0 fully saturated rings. The molecule has 2 atom stereocenters. The van der Waals surface area contributed by atoms with E-state index in [9.17, 15) is 0 Å². The molecule has 2 unspecified atom stereocenters. The second-order valence-corrected chi connectivity index (χ2v) is 16.6. The highest BCUT2D eigenvalue weighted by Crippen LogP contribution is 2.72. The molecule has 5 aromatic carbocycles. The molecule has 8 rings (SSSR count). The lowest BCUT2D eigenvalue weighted by atomic mass is 9.93. The minimum absolute atomic E-state index is 0.429. The smallest absolute Gasteiger partial charge is 0.0487 e. The Hall–Kier alpha value is -4.01. The maximum Gasteiger partial charge on any atom is 0.0487 e. The SMILES string of the molecule is CC1=Cc2c(-c3cccc4ccccc34)cccc2C1S(C)(C)C1C(C)=Cc2c1cccc2N1CCc2ccccc21. The van der Waals surface area contributed by atoms with Gasteiger partial charge in [0.1, 0.15) is 0 Å². The van der Waals surface area contributed by atoms with Crippen molar-refractivity contribution in [3.8, 4) is 11.1 Å². The molecule has 0 radical (unpaired) electrons. The van der Waals surface area contributed by atoms with Gasteiger partial charge in [0.2, 0.25) is 0 Å². The maximum absolute atomic E-state index is 2.59. The summed E-state index contributed by atoms with van der Waals surface area (Å²) in [6.45, 7) is 5.81. The second-order valence-electron chi connectivity index (χ2n) is 12.7. The molecule has 1 heterocycles. The standard InChI is InChI=1S/C40H37NS/c1-26-24-35-32(31-16-9-14-28-12-5-7-15-30(28)31)17-10-18-33(35)39(26)42(3,4)40-27(2)25-36-34(40)19-11-21-38(36)41-23-22-29-13-6-8-20-37(29)41/h5-21,24-25,39-40H,22-23H2,1-4H3. The highest BCUT2D eigenvalue weighted by Gasteiger charge is 2.43. The van der Waals surface area contributed by atoms with Crippen LogP contribution in [0.3, 0.4) is 0 Å². The number of rotatable bonds is 4. The van der Waals surface area contributed by atoms with Crippen LogP contribution in [0.2, 0.25) is 0 Å². The van der Waals surface area contributed by atoms with Gasteiger partial charge < -0.3 is 4.90 Å². The van der Waals surface area contributed by atoms with E-state index >= 15 is 0 Å². The van der Waals surface area contributed by atoms with Crippen molar-refractivity contribution in [1.29, 1.82) is 0 Å². The normalized spacial score (nSPS) is 19.4. The van der Waals surface area contributed by atoms with Gasteiger partial charge in [-0.05, 0) is 89.1 Å². The minimum atomic E-state index is -1.16. The van der Waals surface area contributed by atoms with E-state index in [0.717, 1.165) is 13.0 Å². The van der Waals surface area contributed by atoms with E-state index in [1.807, 2.05) is 0 Å². The van der Waals surface area contributed by atoms with Crippen LogP contribution in [0.4, 0.5) is 11.4 Å². The van der Waals surface area contributed by atoms with Gasteiger partial charge in [-0.15, -0.1) is 0 Å². The summed E-state index contributed by atoms with van der Waals surface area (Å²) in [4.78, 5) is 2.55. The number of fused-ring (bicyclic) bond motifs is 4. The molecule has 0 N–H and O–H groups in total. The number of hydrogen-bond acceptors (Lipinski definition) is 1. The summed E-state index contributed by atoms with van der Waals surface area (Å²) < 4.78 is 0. The summed E-state index contributed by atoms with van der Waals surface area (Å²) in [5.41, 5.74) is 15.8. The van der Waals surface area contributed by atoms with E-state index in [4.69, 9.17) is 0 Å². The van der Waals surface area contributed by atoms with Gasteiger partial charge in [-0.1, -0.05) is 114 Å². The molecule has 208 valence electrons. The quantitative estimate of drug-likeness (QED) is 0.210. The molecular weight excluding hydrogens is 527 g/mol. The summed E-state index contributed by atoms with van der Waals surface area (Å²) >= 11 is 0. The third-order valence-electron chi connectivity index (χ3n) is 9.87. The number of anilines is 2. The van der Waals surface area contributed by atoms with Gasteiger partial charge in [-0.2, -0.15) is 0 Å². The van der Waals surface area contributed by atoms with E-state index in [0.29, 0.717) is 10.5 Å². The maximum atomic E-state index is 2.59. The number of hydrogen-bond donors (Lipinski definition) is 0. The minimum Gasteiger partial charge on any atom is -0.340 e. The van der Waals surface area contributed by atoms with Gasteiger partial charge in [0.05, 0.1) is 0 Å². The molecule has 2 aliphatic carbocycles. The molecule has 0 saturated carbocycles. The fourth-order valence-corrected chi connectivity index (χ4v) is 12.3. The van der Waals surface area contributed by atoms with E-state index in [2.05, 4.69) is 147 Å². The number of nitrogens with zero attached hydrogens (tertiary/aromatic N) is 1. The average Bonchev–Trinajstić information content (AvgIpc) is 3.68. The molecule has 0 bridgehead atoms. The molecular formula is C40H37NS. The summed E-state index contributed by atoms with van der Waals surface area (Å²) in [5, 5.41) is 3.49. The molecule has 5 aromatic rings. The van der Waals surface area contributed by atoms with Crippen molar-refractivity contribution in [3.05, 3.63) is 142 Å². The third kappa shape index (κ3) is 3.71. The fraction of sp³-hybridized carbons (Fsp3) is 0.200. The topological polar surface area (TPSA) is 3.24 Å². The molecule has 3 aliphatic rings. The van der Waals surface area contributed by atoms with E-state index in [-0.39, 0.29) is 0 Å². The van der Waals surface area contributed by atoms with Crippen molar-refractivity contribution >= 4 is 44.3 Å². The fourth-order valence-electron chi connectivity index (χ4n) is 8.29. The molecule has 1 aliphatic heterocycles. The van der Waals surface area contributed by atoms with E-state index < -0.39 is 10.0 Å². The monoisotopic (exact) mass is 563 g/mol. The third-order valence-corrected chi connectivity index (χ3v) is 13.5. The molecule has 42 heavy (non-hydrogen) atoms. The van der Waals surface area contributed by atoms with Crippen LogP contribution >= 0.6 is 10.0 Å². The second kappa shape index (κ2) is 9.51. The Labute approximate surface area is 251 Å². The van der Waals surface area contributed by atoms with Crippen LogP contribution in [0.1, 0.15) is 52.2 Å². The summed E-state index contributed by atoms with van der Waals surface area (Å²) in [6, 6.07) is 38.5. The zero-order chi connectivity index (χ0) is 28.6. The predicted octanol–water partition coefficient (Wildman–Crippen LogP) is 10.9. The lowest BCUT2D eigenvalue weighted by molar-refractivity contribution is 0.994. The lowest BCUT2D eigenvalue weighted by Gasteiger charge is -2.46. The Kier molecular flexibility index (Phi) is 5.81. The Morgan fingerprint density at radius 2 is 1.19 bits per heavy atom. The van der Waals surface area contributed by atoms with Crippen molar-refractivity contribution < 1.29 is 0 Å². The first-order chi connectivity index (χ1) is 20.4. The van der Waals surface area contributed by atoms with E-state index in [1.54, 1.807) is 0 Å². The first kappa shape index (κ1) is 25.7. The van der Waals surface area contributed by atoms with Crippen LogP contribution in [0.15, 0.2) is 114 Å². The van der Waals surface area contributed by atoms with Crippen LogP contribution in [0, 0.1) is 0 Å². The highest BCUT2D eigenvalue weighted by molar-refractivity contribution is 8.33. The van der Waals surface area contributed by atoms with Crippen LogP contribution in [-0.2, 0) is 6.42 Å². The molecule has 1 nitrogen and oxygen atoms in total. The van der Waals surface area contributed by atoms with Crippen molar-refractivity contribution in [2.75, 3.05) is 24.0 Å². The van der Waals surface area contributed by atoms with Crippen molar-refractivity contribution in [1.82, 2.24) is 0 Å². The summed E-state index contributed by atoms with van der Waals surface area (Å²) in [6.07, 6.45) is 11.3. The largest absolute Gasteiger partial charge is 0.340 e. The van der Waals surface area contributed by atoms with Gasteiger partial charge in [0, 0.05) is 34.0 Å². The lowest BCUT2D eigenvalue weighted by Crippen LogP contribution is -2.18. The van der Waals surface area contributed by atoms with Crippen LogP contribution in [0.25, 0.3) is 34.1 Å². The Morgan fingerprint density at radius 1 is 0.595 bits per heavy atom. The van der Waals surface area contributed by atoms with Gasteiger partial charge >= 0.3 is 0 Å². The van der Waals surface area contributed by atoms with Crippen LogP contribution in [-0.4, -0.2) is 19.1 Å². The average molecular weight is 564 g/mol. The number of para-hydroxylation sites is 1. The molecule has 0 amide bonds. The highest BCUT2D eigenvalue weighted by atomic mass is 32.3. The molecule has 2 heteroatoms. The molecule has 0 saturated heterocycles. The van der Waals surface area contributed by atoms with Crippen molar-refractivity contribution in [2.45, 2.75) is 30.8 Å². The van der Waals surface area contributed by atoms with Gasteiger partial charge in [0.15, 0.2) is 0 Å². The predicted molar refractivity (Wildman–Crippen MR) is 185 cm³/mol. The Bertz CT molecular complexity index is 1950. The van der Waals surface area contributed by atoms with Crippen LogP contribution in [0.5, 0.6) is 0 Å². The molecule has 0 aromatic heterocycles. The van der Waals surface area contributed by atoms with Gasteiger partial charge in [0.25, 0.3) is 0 Å².